The molecule has 1 N–H and O–H groups in total. The second-order valence-electron chi connectivity index (χ2n) is 9.23. The van der Waals surface area contributed by atoms with Gasteiger partial charge in [-0.2, -0.15) is 18.4 Å². The van der Waals surface area contributed by atoms with Crippen molar-refractivity contribution in [1.82, 2.24) is 19.8 Å². The minimum Gasteiger partial charge on any atom is -0.371 e. The quantitative estimate of drug-likeness (QED) is 0.714. The van der Waals surface area contributed by atoms with Crippen LogP contribution in [0.25, 0.3) is 0 Å². The smallest absolute Gasteiger partial charge is 0.371 e. The van der Waals surface area contributed by atoms with Gasteiger partial charge in [-0.25, -0.2) is 4.98 Å². The Morgan fingerprint density at radius 3 is 2.57 bits per heavy atom. The fraction of sp³-hybridized carbons (Fsp3) is 0.500. The lowest BCUT2D eigenvalue weighted by atomic mass is 9.70. The largest absolute Gasteiger partial charge is 0.417 e. The van der Waals surface area contributed by atoms with Gasteiger partial charge < -0.3 is 19.7 Å². The number of amides is 2. The van der Waals surface area contributed by atoms with Crippen molar-refractivity contribution in [1.29, 1.82) is 5.26 Å². The van der Waals surface area contributed by atoms with Crippen LogP contribution in [0.15, 0.2) is 30.6 Å². The van der Waals surface area contributed by atoms with E-state index < -0.39 is 28.6 Å². The molecule has 2 aliphatic heterocycles. The lowest BCUT2D eigenvalue weighted by molar-refractivity contribution is -0.137. The van der Waals surface area contributed by atoms with Crippen LogP contribution < -0.4 is 10.2 Å². The Morgan fingerprint density at radius 1 is 1.29 bits per heavy atom. The van der Waals surface area contributed by atoms with E-state index in [0.717, 1.165) is 11.9 Å². The number of halogens is 3. The van der Waals surface area contributed by atoms with Crippen LogP contribution in [-0.4, -0.2) is 59.5 Å². The Kier molecular flexibility index (Phi) is 6.49. The molecule has 2 saturated heterocycles. The van der Waals surface area contributed by atoms with E-state index in [0.29, 0.717) is 44.7 Å². The first-order valence-electron chi connectivity index (χ1n) is 11.4. The van der Waals surface area contributed by atoms with Crippen molar-refractivity contribution in [3.8, 4) is 6.07 Å². The Bertz CT molecular complexity index is 1160. The maximum atomic E-state index is 13.4. The number of carbonyl (C=O) groups is 2. The molecule has 2 amide bonds. The van der Waals surface area contributed by atoms with Crippen LogP contribution in [0.3, 0.4) is 0 Å². The molecule has 1 atom stereocenters. The number of alkyl halides is 3. The van der Waals surface area contributed by atoms with E-state index in [9.17, 15) is 22.8 Å². The highest BCUT2D eigenvalue weighted by Gasteiger charge is 2.52. The van der Waals surface area contributed by atoms with Gasteiger partial charge in [0.15, 0.2) is 0 Å². The van der Waals surface area contributed by atoms with E-state index in [2.05, 4.69) is 10.3 Å². The van der Waals surface area contributed by atoms with Gasteiger partial charge in [-0.05, 0) is 38.0 Å². The summed E-state index contributed by atoms with van der Waals surface area (Å²) in [5.41, 5.74) is -1.42. The summed E-state index contributed by atoms with van der Waals surface area (Å²) in [7, 11) is 1.57. The summed E-state index contributed by atoms with van der Waals surface area (Å²) in [6, 6.07) is 5.35. The Morgan fingerprint density at radius 2 is 2.00 bits per heavy atom. The van der Waals surface area contributed by atoms with Crippen LogP contribution in [0.4, 0.5) is 18.9 Å². The average Bonchev–Trinajstić information content (AvgIpc) is 3.41. The molecule has 1 aromatic heterocycles. The van der Waals surface area contributed by atoms with Crippen molar-refractivity contribution < 1.29 is 22.8 Å². The second kappa shape index (κ2) is 9.24. The van der Waals surface area contributed by atoms with Gasteiger partial charge in [-0.15, -0.1) is 0 Å². The lowest BCUT2D eigenvalue weighted by Gasteiger charge is -2.43. The molecule has 2 aromatic rings. The SMILES string of the molecule is CNC(=O)C1CN(C(=O)Cn2ccnc2C)CC12CCN(c1ccc(C#N)c(C(F)(F)F)c1)CC2. The molecule has 2 aliphatic rings. The summed E-state index contributed by atoms with van der Waals surface area (Å²) in [4.78, 5) is 33.5. The molecule has 0 saturated carbocycles. The number of nitrogens with one attached hydrogen (secondary N) is 1. The zero-order valence-electron chi connectivity index (χ0n) is 19.6. The highest BCUT2D eigenvalue weighted by atomic mass is 19.4. The molecule has 186 valence electrons. The minimum atomic E-state index is -4.62. The van der Waals surface area contributed by atoms with Gasteiger partial charge in [0, 0.05) is 56.7 Å². The number of anilines is 1. The third-order valence-electron chi connectivity index (χ3n) is 7.35. The fourth-order valence-electron chi connectivity index (χ4n) is 5.29. The Hall–Kier alpha value is -3.55. The van der Waals surface area contributed by atoms with Gasteiger partial charge in [0.1, 0.15) is 12.4 Å². The summed E-state index contributed by atoms with van der Waals surface area (Å²) in [5, 5.41) is 11.8. The number of piperidine rings is 1. The molecule has 0 bridgehead atoms. The first-order chi connectivity index (χ1) is 16.6. The van der Waals surface area contributed by atoms with Gasteiger partial charge in [0.25, 0.3) is 0 Å². The van der Waals surface area contributed by atoms with Gasteiger partial charge in [-0.1, -0.05) is 0 Å². The number of nitrogens with zero attached hydrogens (tertiary/aromatic N) is 5. The van der Waals surface area contributed by atoms with Crippen molar-refractivity contribution in [2.75, 3.05) is 38.1 Å². The van der Waals surface area contributed by atoms with Crippen molar-refractivity contribution in [2.45, 2.75) is 32.5 Å². The molecule has 4 rings (SSSR count). The van der Waals surface area contributed by atoms with Crippen molar-refractivity contribution in [3.63, 3.8) is 0 Å². The van der Waals surface area contributed by atoms with Gasteiger partial charge >= 0.3 is 6.18 Å². The number of imidazole rings is 1. The van der Waals surface area contributed by atoms with Gasteiger partial charge in [0.05, 0.1) is 23.1 Å². The number of nitriles is 1. The number of benzene rings is 1. The second-order valence-corrected chi connectivity index (χ2v) is 9.23. The highest BCUT2D eigenvalue weighted by molar-refractivity contribution is 5.83. The van der Waals surface area contributed by atoms with Crippen molar-refractivity contribution in [2.24, 2.45) is 11.3 Å². The number of likely N-dealkylation sites (tertiary alicyclic amines) is 1. The molecule has 3 heterocycles. The summed E-state index contributed by atoms with van der Waals surface area (Å²) in [5.74, 6) is 0.102. The normalized spacial score (nSPS) is 19.6. The number of hydrogen-bond acceptors (Lipinski definition) is 5. The van der Waals surface area contributed by atoms with Crippen LogP contribution in [0.1, 0.15) is 29.8 Å². The standard InChI is InChI=1S/C24H27F3N6O2/c1-16-30-7-10-32(16)14-21(34)33-13-20(22(35)29-2)23(15-33)5-8-31(9-6-23)18-4-3-17(12-28)19(11-18)24(25,26)27/h3-4,7,10-11,20H,5-6,8-9,13-15H2,1-2H3,(H,29,35). The van der Waals surface area contributed by atoms with E-state index in [4.69, 9.17) is 5.26 Å². The Labute approximate surface area is 201 Å². The first-order valence-corrected chi connectivity index (χ1v) is 11.4. The zero-order valence-corrected chi connectivity index (χ0v) is 19.6. The van der Waals surface area contributed by atoms with E-state index >= 15 is 0 Å². The van der Waals surface area contributed by atoms with Crippen LogP contribution >= 0.6 is 0 Å². The van der Waals surface area contributed by atoms with Gasteiger partial charge in [-0.3, -0.25) is 9.59 Å². The number of aryl methyl sites for hydroxylation is 1. The summed E-state index contributed by atoms with van der Waals surface area (Å²) < 4.78 is 42.0. The Balaban J connectivity index is 1.52. The molecule has 2 fully saturated rings. The topological polar surface area (TPSA) is 94.3 Å². The molecule has 35 heavy (non-hydrogen) atoms. The van der Waals surface area contributed by atoms with Crippen LogP contribution in [-0.2, 0) is 22.3 Å². The number of rotatable bonds is 4. The zero-order chi connectivity index (χ0) is 25.4. The number of aromatic nitrogens is 2. The first kappa shape index (κ1) is 24.6. The molecular formula is C24H27F3N6O2. The third kappa shape index (κ3) is 4.70. The molecular weight excluding hydrogens is 461 g/mol. The maximum Gasteiger partial charge on any atom is 0.417 e. The molecule has 0 radical (unpaired) electrons. The third-order valence-corrected chi connectivity index (χ3v) is 7.35. The summed E-state index contributed by atoms with van der Waals surface area (Å²) >= 11 is 0. The lowest BCUT2D eigenvalue weighted by Crippen LogP contribution is -2.48. The molecule has 11 heteroatoms. The average molecular weight is 489 g/mol. The van der Waals surface area contributed by atoms with Crippen LogP contribution in [0.5, 0.6) is 0 Å². The number of carbonyl (C=O) groups excluding carboxylic acids is 2. The molecule has 0 aliphatic carbocycles. The maximum absolute atomic E-state index is 13.4. The highest BCUT2D eigenvalue weighted by Crippen LogP contribution is 2.46. The van der Waals surface area contributed by atoms with E-state index in [1.165, 1.54) is 12.1 Å². The minimum absolute atomic E-state index is 0.0961. The van der Waals surface area contributed by atoms with E-state index in [1.807, 2.05) is 11.8 Å². The van der Waals surface area contributed by atoms with Crippen molar-refractivity contribution in [3.05, 3.63) is 47.5 Å². The van der Waals surface area contributed by atoms with Crippen LogP contribution in [0, 0.1) is 29.6 Å². The van der Waals surface area contributed by atoms with E-state index in [1.54, 1.807) is 35.0 Å². The predicted octanol–water partition coefficient (Wildman–Crippen LogP) is 2.57. The monoisotopic (exact) mass is 488 g/mol. The van der Waals surface area contributed by atoms with Crippen molar-refractivity contribution >= 4 is 17.5 Å². The van der Waals surface area contributed by atoms with E-state index in [-0.39, 0.29) is 18.4 Å². The molecule has 1 spiro atoms. The molecule has 8 nitrogen and oxygen atoms in total. The van der Waals surface area contributed by atoms with Gasteiger partial charge in [0.2, 0.25) is 11.8 Å². The molecule has 1 aromatic carbocycles. The predicted molar refractivity (Wildman–Crippen MR) is 121 cm³/mol. The fourth-order valence-corrected chi connectivity index (χ4v) is 5.29. The summed E-state index contributed by atoms with van der Waals surface area (Å²) in [6.07, 6.45) is -0.145. The summed E-state index contributed by atoms with van der Waals surface area (Å²) in [6.45, 7) is 3.57. The number of hydrogen-bond donors (Lipinski definition) is 1. The molecule has 1 unspecified atom stereocenters. The van der Waals surface area contributed by atoms with Crippen LogP contribution in [0.2, 0.25) is 0 Å².